The highest BCUT2D eigenvalue weighted by Gasteiger charge is 2.37. The zero-order chi connectivity index (χ0) is 91.8. The lowest BCUT2D eigenvalue weighted by molar-refractivity contribution is -0.178. The van der Waals surface area contributed by atoms with Crippen molar-refractivity contribution in [2.45, 2.75) is 258 Å². The quantitative estimate of drug-likeness (QED) is 0.0208. The topological polar surface area (TPSA) is 296 Å². The molecule has 624 valence electrons. The second-order valence-corrected chi connectivity index (χ2v) is 29.0. The van der Waals surface area contributed by atoms with Crippen LogP contribution in [0, 0.1) is 0 Å². The van der Waals surface area contributed by atoms with Gasteiger partial charge in [0.1, 0.15) is 23.0 Å². The lowest BCUT2D eigenvalue weighted by atomic mass is 10.1. The van der Waals surface area contributed by atoms with E-state index < -0.39 is 48.9 Å². The summed E-state index contributed by atoms with van der Waals surface area (Å²) in [6, 6.07) is -6.56. The summed E-state index contributed by atoms with van der Waals surface area (Å²) in [7, 11) is 0. The van der Waals surface area contributed by atoms with Gasteiger partial charge in [0.2, 0.25) is 0 Å². The van der Waals surface area contributed by atoms with Gasteiger partial charge in [-0.3, -0.25) is 58.0 Å². The molecule has 4 unspecified atom stereocenters. The van der Waals surface area contributed by atoms with Gasteiger partial charge in [-0.25, -0.2) is 0 Å². The normalized spacial score (nSPS) is 24.4. The Hall–Kier alpha value is -9.12. The minimum absolute atomic E-state index is 0.0340. The van der Waals surface area contributed by atoms with Gasteiger partial charge < -0.3 is 61.9 Å². The van der Waals surface area contributed by atoms with Crippen molar-refractivity contribution < 1.29 is 71.4 Å². The van der Waals surface area contributed by atoms with Gasteiger partial charge in [-0.15, -0.1) is 20.3 Å². The molecule has 8 fully saturated rings. The minimum atomic E-state index is -1.83. The molecule has 8 aliphatic rings. The number of carbonyl (C=O) groups is 8. The van der Waals surface area contributed by atoms with Gasteiger partial charge in [0.15, 0.2) is 0 Å². The van der Waals surface area contributed by atoms with Crippen LogP contribution in [-0.4, -0.2) is 214 Å². The van der Waals surface area contributed by atoms with Gasteiger partial charge in [-0.05, 0) is 133 Å². The molecular weight excluding hydrogens is 1430 g/mol. The molecule has 8 rings (SSSR count). The van der Waals surface area contributed by atoms with Crippen LogP contribution in [0.15, 0.2) is 148 Å². The number of nitrogens with one attached hydrogen (secondary N) is 8. The fourth-order valence-corrected chi connectivity index (χ4v) is 12.7. The summed E-state index contributed by atoms with van der Waals surface area (Å²) in [5, 5.41) is 28.5. The maximum atomic E-state index is 11.6. The van der Waals surface area contributed by atoms with Crippen molar-refractivity contribution in [2.75, 3.05) is 78.5 Å². The Morgan fingerprint density at radius 1 is 0.339 bits per heavy atom. The summed E-state index contributed by atoms with van der Waals surface area (Å²) >= 11 is 0. The van der Waals surface area contributed by atoms with E-state index in [-0.39, 0.29) is 129 Å². The highest BCUT2D eigenvalue weighted by atomic mass is 16.7. The van der Waals surface area contributed by atoms with Crippen LogP contribution >= 0.6 is 0 Å². The van der Waals surface area contributed by atoms with Crippen LogP contribution in [0.25, 0.3) is 0 Å². The maximum absolute atomic E-state index is 11.6. The molecule has 28 nitrogen and oxygen atoms in total. The van der Waals surface area contributed by atoms with Crippen LogP contribution in [0.4, 0.5) is 0 Å². The molecule has 8 saturated heterocycles. The first-order valence-electron chi connectivity index (χ1n) is 44.0. The van der Waals surface area contributed by atoms with Crippen molar-refractivity contribution in [1.82, 2.24) is 82.4 Å². The van der Waals surface area contributed by atoms with E-state index in [1.807, 2.05) is 37.5 Å². The average molecular weight is 1570 g/mol. The standard InChI is InChI=1S/4C21H34N4O3/c4*1-15(2)24-14-6-7-19(24)18(5)23-12-10-16(3)22-13-11-17(4)28-25-20(26)8-9-21(25)27/h4*15,19,22-23H,3-14H2,1-2H3/i7D2,15D,19D;15D,19D;7D2,19D;15D. The predicted molar refractivity (Wildman–Crippen MR) is 439 cm³/mol. The fourth-order valence-electron chi connectivity index (χ4n) is 12.7. The molecular formula is C84H136N16O12. The molecule has 0 aliphatic carbocycles. The van der Waals surface area contributed by atoms with E-state index in [1.54, 1.807) is 27.7 Å². The van der Waals surface area contributed by atoms with Crippen molar-refractivity contribution >= 4 is 47.3 Å². The molecule has 8 heterocycles. The molecule has 4 atom stereocenters. The van der Waals surface area contributed by atoms with Gasteiger partial charge >= 0.3 is 0 Å². The van der Waals surface area contributed by atoms with E-state index in [9.17, 15) is 38.4 Å². The molecule has 0 aromatic carbocycles. The molecule has 0 radical (unpaired) electrons. The highest BCUT2D eigenvalue weighted by molar-refractivity contribution is 6.02. The van der Waals surface area contributed by atoms with Gasteiger partial charge in [0.25, 0.3) is 47.3 Å². The molecule has 8 N–H and O–H groups in total. The molecule has 0 aromatic rings. The van der Waals surface area contributed by atoms with Crippen molar-refractivity contribution in [3.63, 3.8) is 0 Å². The van der Waals surface area contributed by atoms with E-state index in [0.717, 1.165) is 81.8 Å². The first-order valence-corrected chi connectivity index (χ1v) is 39.0. The van der Waals surface area contributed by atoms with E-state index in [1.165, 1.54) is 4.90 Å². The summed E-state index contributed by atoms with van der Waals surface area (Å²) in [5.74, 6) is -1.49. The zero-order valence-electron chi connectivity index (χ0n) is 78.2. The second kappa shape index (κ2) is 48.1. The van der Waals surface area contributed by atoms with Crippen molar-refractivity contribution in [2.24, 2.45) is 0 Å². The average Bonchev–Trinajstić information content (AvgIpc) is 1.58. The SMILES string of the molecule is [2H]C(C)(C)N1CCC([2H])([2H])C1([2H])C(=C)NCCC(=C)NCCC(=C)ON1C(=O)CCC1=O.[2H]C(C)(C)N1CCCC1([2H])C(=C)NCCC(=C)NCCC(=C)ON1C(=O)CCC1=O.[2H]C(C)(C)N1CCCC1C(=C)NCCC(=C)NCCC(=C)ON1C(=O)CCC1=O.[2H]C1([2H])CCN(C(C)C)C1([2H])C(=C)NCCC(=C)NCCC(=C)ON1C(=O)CCC1=O. The van der Waals surface area contributed by atoms with Gasteiger partial charge in [-0.2, -0.15) is 0 Å². The number of hydroxylamine groups is 8. The number of amides is 8. The van der Waals surface area contributed by atoms with Crippen molar-refractivity contribution in [3.05, 3.63) is 148 Å². The maximum Gasteiger partial charge on any atom is 0.263 e. The van der Waals surface area contributed by atoms with Gasteiger partial charge in [-0.1, -0.05) is 78.9 Å². The Kier molecular flexibility index (Phi) is 33.5. The molecule has 112 heavy (non-hydrogen) atoms. The molecule has 28 heteroatoms. The number of imide groups is 4. The Bertz CT molecular complexity index is 3860. The third-order valence-electron chi connectivity index (χ3n) is 18.9. The van der Waals surface area contributed by atoms with Crippen LogP contribution in [-0.2, 0) is 57.7 Å². The Morgan fingerprint density at radius 3 is 0.884 bits per heavy atom. The lowest BCUT2D eigenvalue weighted by Crippen LogP contribution is -2.40. The second-order valence-electron chi connectivity index (χ2n) is 29.0. The number of nitrogens with zero attached hydrogens (tertiary/aromatic N) is 8. The van der Waals surface area contributed by atoms with Crippen LogP contribution in [0.1, 0.15) is 223 Å². The number of likely N-dealkylation sites (tertiary alicyclic amines) is 4. The Labute approximate surface area is 682 Å². The van der Waals surface area contributed by atoms with E-state index in [4.69, 9.17) is 33.1 Å². The van der Waals surface area contributed by atoms with Crippen molar-refractivity contribution in [1.29, 1.82) is 0 Å². The fraction of sp³-hybridized carbons (Fsp3) is 0.619. The predicted octanol–water partition coefficient (Wildman–Crippen LogP) is 9.76. The number of rotatable bonds is 48. The summed E-state index contributed by atoms with van der Waals surface area (Å²) in [5.41, 5.74) is 5.25. The third-order valence-corrected chi connectivity index (χ3v) is 18.9. The summed E-state index contributed by atoms with van der Waals surface area (Å²) in [6.07, 6.45) is 6.03. The van der Waals surface area contributed by atoms with E-state index >= 15 is 0 Å². The molecule has 0 spiro atoms. The molecule has 0 bridgehead atoms. The first-order chi connectivity index (χ1) is 56.6. The van der Waals surface area contributed by atoms with Crippen LogP contribution in [0.5, 0.6) is 0 Å². The highest BCUT2D eigenvalue weighted by Crippen LogP contribution is 2.29. The van der Waals surface area contributed by atoms with E-state index in [2.05, 4.69) is 126 Å². The molecule has 8 aliphatic heterocycles. The molecule has 0 saturated carbocycles. The van der Waals surface area contributed by atoms with E-state index in [0.29, 0.717) is 158 Å². The van der Waals surface area contributed by atoms with Gasteiger partial charge in [0, 0.05) is 258 Å². The van der Waals surface area contributed by atoms with Gasteiger partial charge in [0.05, 0.1) is 4.11 Å². The van der Waals surface area contributed by atoms with Crippen LogP contribution in [0.2, 0.25) is 0 Å². The Morgan fingerprint density at radius 2 is 0.580 bits per heavy atom. The molecule has 0 aromatic heterocycles. The largest absolute Gasteiger partial charge is 0.388 e. The summed E-state index contributed by atoms with van der Waals surface area (Å²) in [4.78, 5) is 121. The minimum Gasteiger partial charge on any atom is -0.388 e. The Balaban J connectivity index is 0.000000289. The number of hydrogen-bond acceptors (Lipinski definition) is 24. The monoisotopic (exact) mass is 1570 g/mol. The lowest BCUT2D eigenvalue weighted by Gasteiger charge is -2.30. The number of hydrogen-bond donors (Lipinski definition) is 8. The summed E-state index contributed by atoms with van der Waals surface area (Å²) in [6.45, 7) is 68.2. The van der Waals surface area contributed by atoms with Crippen LogP contribution < -0.4 is 42.5 Å². The number of carbonyl (C=O) groups excluding carboxylic acids is 8. The summed E-state index contributed by atoms with van der Waals surface area (Å²) < 4.78 is 84.5. The van der Waals surface area contributed by atoms with Crippen LogP contribution in [0.3, 0.4) is 0 Å². The first kappa shape index (κ1) is 78.2. The molecule has 8 amide bonds. The third kappa shape index (κ3) is 31.5. The smallest absolute Gasteiger partial charge is 0.263 e. The van der Waals surface area contributed by atoms with Crippen molar-refractivity contribution in [3.8, 4) is 0 Å². The zero-order valence-corrected chi connectivity index (χ0v) is 68.2.